The minimum atomic E-state index is -0.260. The Morgan fingerprint density at radius 1 is 1.12 bits per heavy atom. The molecule has 1 atom stereocenters. The van der Waals surface area contributed by atoms with Gasteiger partial charge in [-0.3, -0.25) is 4.79 Å². The van der Waals surface area contributed by atoms with Gasteiger partial charge in [-0.15, -0.1) is 0 Å². The molecule has 2 aliphatic heterocycles. The molecule has 0 aliphatic carbocycles. The third-order valence-electron chi connectivity index (χ3n) is 4.99. The number of ether oxygens (including phenoxy) is 2. The van der Waals surface area contributed by atoms with E-state index < -0.39 is 0 Å². The first kappa shape index (κ1) is 18.2. The SMILES string of the molecule is CC(C)(C)c1ccc(/C=C/C(=O)N2CCCCC2C2OCCO2)cc1. The van der Waals surface area contributed by atoms with Crippen LogP contribution in [0, 0.1) is 0 Å². The summed E-state index contributed by atoms with van der Waals surface area (Å²) in [6.07, 6.45) is 6.43. The van der Waals surface area contributed by atoms with Gasteiger partial charge in [0.05, 0.1) is 19.3 Å². The van der Waals surface area contributed by atoms with Gasteiger partial charge in [-0.25, -0.2) is 0 Å². The summed E-state index contributed by atoms with van der Waals surface area (Å²) in [6.45, 7) is 8.62. The fourth-order valence-electron chi connectivity index (χ4n) is 3.47. The number of rotatable bonds is 3. The molecule has 136 valence electrons. The van der Waals surface area contributed by atoms with Gasteiger partial charge in [-0.2, -0.15) is 0 Å². The second-order valence-electron chi connectivity index (χ2n) is 7.91. The van der Waals surface area contributed by atoms with Crippen LogP contribution in [-0.4, -0.2) is 42.9 Å². The zero-order valence-electron chi connectivity index (χ0n) is 15.5. The molecule has 2 fully saturated rings. The fourth-order valence-corrected chi connectivity index (χ4v) is 3.47. The predicted octanol–water partition coefficient (Wildman–Crippen LogP) is 3.75. The summed E-state index contributed by atoms with van der Waals surface area (Å²) in [5.41, 5.74) is 2.48. The zero-order valence-corrected chi connectivity index (χ0v) is 15.5. The molecule has 2 aliphatic rings. The molecule has 3 rings (SSSR count). The summed E-state index contributed by atoms with van der Waals surface area (Å²) in [7, 11) is 0. The van der Waals surface area contributed by atoms with Crippen LogP contribution in [0.1, 0.15) is 51.2 Å². The minimum Gasteiger partial charge on any atom is -0.348 e. The highest BCUT2D eigenvalue weighted by Gasteiger charge is 2.35. The summed E-state index contributed by atoms with van der Waals surface area (Å²) >= 11 is 0. The molecule has 0 aromatic heterocycles. The Bertz CT molecular complexity index is 609. The van der Waals surface area contributed by atoms with E-state index in [0.29, 0.717) is 13.2 Å². The molecular formula is C21H29NO3. The zero-order chi connectivity index (χ0) is 17.9. The molecule has 4 heteroatoms. The number of hydrogen-bond acceptors (Lipinski definition) is 3. The Hall–Kier alpha value is -1.65. The fraction of sp³-hybridized carbons (Fsp3) is 0.571. The van der Waals surface area contributed by atoms with Crippen molar-refractivity contribution < 1.29 is 14.3 Å². The van der Waals surface area contributed by atoms with Gasteiger partial charge >= 0.3 is 0 Å². The molecule has 0 N–H and O–H groups in total. The Labute approximate surface area is 150 Å². The van der Waals surface area contributed by atoms with Crippen molar-refractivity contribution in [3.63, 3.8) is 0 Å². The largest absolute Gasteiger partial charge is 0.348 e. The number of nitrogens with zero attached hydrogens (tertiary/aromatic N) is 1. The lowest BCUT2D eigenvalue weighted by atomic mass is 9.87. The average molecular weight is 343 g/mol. The lowest BCUT2D eigenvalue weighted by molar-refractivity contribution is -0.145. The Morgan fingerprint density at radius 2 is 1.80 bits per heavy atom. The van der Waals surface area contributed by atoms with Gasteiger partial charge < -0.3 is 14.4 Å². The topological polar surface area (TPSA) is 38.8 Å². The van der Waals surface area contributed by atoms with Crippen LogP contribution in [-0.2, 0) is 19.7 Å². The second-order valence-corrected chi connectivity index (χ2v) is 7.91. The molecule has 1 aromatic rings. The summed E-state index contributed by atoms with van der Waals surface area (Å²) in [4.78, 5) is 14.6. The molecule has 4 nitrogen and oxygen atoms in total. The maximum atomic E-state index is 12.7. The smallest absolute Gasteiger partial charge is 0.246 e. The molecule has 1 unspecified atom stereocenters. The molecule has 0 saturated carbocycles. The van der Waals surface area contributed by atoms with Crippen LogP contribution in [0.25, 0.3) is 6.08 Å². The summed E-state index contributed by atoms with van der Waals surface area (Å²) in [6, 6.07) is 8.45. The first-order valence-electron chi connectivity index (χ1n) is 9.27. The monoisotopic (exact) mass is 343 g/mol. The van der Waals surface area contributed by atoms with Gasteiger partial charge in [0.15, 0.2) is 6.29 Å². The lowest BCUT2D eigenvalue weighted by Gasteiger charge is -2.37. The first-order chi connectivity index (χ1) is 11.9. The van der Waals surface area contributed by atoms with Crippen molar-refractivity contribution in [1.29, 1.82) is 0 Å². The van der Waals surface area contributed by atoms with Crippen molar-refractivity contribution in [3.05, 3.63) is 41.5 Å². The van der Waals surface area contributed by atoms with Gasteiger partial charge in [0.1, 0.15) is 0 Å². The molecule has 0 radical (unpaired) electrons. The number of carbonyl (C=O) groups excluding carboxylic acids is 1. The maximum Gasteiger partial charge on any atom is 0.246 e. The van der Waals surface area contributed by atoms with Crippen molar-refractivity contribution in [2.45, 2.75) is 57.8 Å². The molecule has 1 amide bonds. The van der Waals surface area contributed by atoms with Gasteiger partial charge in [-0.05, 0) is 41.9 Å². The highest BCUT2D eigenvalue weighted by Crippen LogP contribution is 2.25. The van der Waals surface area contributed by atoms with Crippen LogP contribution in [0.4, 0.5) is 0 Å². The number of carbonyl (C=O) groups is 1. The number of benzene rings is 1. The Balaban J connectivity index is 1.66. The van der Waals surface area contributed by atoms with E-state index >= 15 is 0 Å². The van der Waals surface area contributed by atoms with Crippen molar-refractivity contribution >= 4 is 12.0 Å². The van der Waals surface area contributed by atoms with E-state index in [0.717, 1.165) is 31.4 Å². The van der Waals surface area contributed by atoms with E-state index in [1.165, 1.54) is 5.56 Å². The molecule has 2 heterocycles. The van der Waals surface area contributed by atoms with Crippen LogP contribution in [0.3, 0.4) is 0 Å². The van der Waals surface area contributed by atoms with Gasteiger partial charge in [0, 0.05) is 12.6 Å². The first-order valence-corrected chi connectivity index (χ1v) is 9.27. The van der Waals surface area contributed by atoms with E-state index in [9.17, 15) is 4.79 Å². The highest BCUT2D eigenvalue weighted by molar-refractivity contribution is 5.92. The van der Waals surface area contributed by atoms with Gasteiger partial charge in [0.25, 0.3) is 0 Å². The van der Waals surface area contributed by atoms with Crippen molar-refractivity contribution in [2.75, 3.05) is 19.8 Å². The number of piperidine rings is 1. The average Bonchev–Trinajstić information content (AvgIpc) is 3.14. The molecule has 1 aromatic carbocycles. The van der Waals surface area contributed by atoms with E-state index in [2.05, 4.69) is 45.0 Å². The van der Waals surface area contributed by atoms with Crippen LogP contribution < -0.4 is 0 Å². The highest BCUT2D eigenvalue weighted by atomic mass is 16.7. The third-order valence-corrected chi connectivity index (χ3v) is 4.99. The quantitative estimate of drug-likeness (QED) is 0.785. The van der Waals surface area contributed by atoms with Crippen LogP contribution in [0.5, 0.6) is 0 Å². The van der Waals surface area contributed by atoms with E-state index in [-0.39, 0.29) is 23.7 Å². The van der Waals surface area contributed by atoms with Gasteiger partial charge in [-0.1, -0.05) is 45.0 Å². The Morgan fingerprint density at radius 3 is 2.44 bits per heavy atom. The van der Waals surface area contributed by atoms with Crippen LogP contribution in [0.2, 0.25) is 0 Å². The maximum absolute atomic E-state index is 12.7. The van der Waals surface area contributed by atoms with Crippen molar-refractivity contribution in [3.8, 4) is 0 Å². The lowest BCUT2D eigenvalue weighted by Crippen LogP contribution is -2.49. The summed E-state index contributed by atoms with van der Waals surface area (Å²) in [5.74, 6) is 0.0451. The number of amides is 1. The molecule has 0 spiro atoms. The normalized spacial score (nSPS) is 22.7. The summed E-state index contributed by atoms with van der Waals surface area (Å²) in [5, 5.41) is 0. The van der Waals surface area contributed by atoms with Gasteiger partial charge in [0.2, 0.25) is 5.91 Å². The number of hydrogen-bond donors (Lipinski definition) is 0. The van der Waals surface area contributed by atoms with E-state index in [1.54, 1.807) is 6.08 Å². The number of likely N-dealkylation sites (tertiary alicyclic amines) is 1. The summed E-state index contributed by atoms with van der Waals surface area (Å²) < 4.78 is 11.3. The minimum absolute atomic E-state index is 0.0386. The predicted molar refractivity (Wildman–Crippen MR) is 99.2 cm³/mol. The van der Waals surface area contributed by atoms with E-state index in [4.69, 9.17) is 9.47 Å². The van der Waals surface area contributed by atoms with Crippen molar-refractivity contribution in [1.82, 2.24) is 4.90 Å². The standard InChI is InChI=1S/C21H29NO3/c1-21(2,3)17-10-7-16(8-11-17)9-12-19(23)22-13-5-4-6-18(22)20-24-14-15-25-20/h7-12,18,20H,4-6,13-15H2,1-3H3/b12-9+. The van der Waals surface area contributed by atoms with E-state index in [1.807, 2.05) is 11.0 Å². The second kappa shape index (κ2) is 7.71. The molecule has 2 saturated heterocycles. The van der Waals surface area contributed by atoms with Crippen molar-refractivity contribution in [2.24, 2.45) is 0 Å². The van der Waals surface area contributed by atoms with Crippen LogP contribution >= 0.6 is 0 Å². The van der Waals surface area contributed by atoms with Crippen LogP contribution in [0.15, 0.2) is 30.3 Å². The molecule has 0 bridgehead atoms. The Kier molecular flexibility index (Phi) is 5.60. The molecular weight excluding hydrogens is 314 g/mol. The third kappa shape index (κ3) is 4.50. The molecule has 25 heavy (non-hydrogen) atoms.